The number of nitrogens with zero attached hydrogens (tertiary/aromatic N) is 5. The molecule has 2 aromatic heterocycles. The molecule has 30 heavy (non-hydrogen) atoms. The summed E-state index contributed by atoms with van der Waals surface area (Å²) in [6, 6.07) is 12.7. The van der Waals surface area contributed by atoms with E-state index in [2.05, 4.69) is 63.0 Å². The van der Waals surface area contributed by atoms with E-state index in [1.165, 1.54) is 16.6 Å². The smallest absolute Gasteiger partial charge is 0.180 e. The van der Waals surface area contributed by atoms with Crippen molar-refractivity contribution < 1.29 is 4.74 Å². The number of fused-ring (bicyclic) bond motifs is 1. The van der Waals surface area contributed by atoms with Gasteiger partial charge in [0.15, 0.2) is 6.23 Å². The molecule has 2 aliphatic heterocycles. The molecule has 6 heteroatoms. The summed E-state index contributed by atoms with van der Waals surface area (Å²) >= 11 is 0. The Hall–Kier alpha value is -3.25. The maximum atomic E-state index is 6.19. The molecule has 0 N–H and O–H groups in total. The monoisotopic (exact) mass is 399 g/mol. The van der Waals surface area contributed by atoms with E-state index in [1.54, 1.807) is 6.20 Å². The molecule has 3 aromatic rings. The molecule has 0 saturated carbocycles. The SMILES string of the molecule is CC(C)OC1N=C(c2cccnc2)N(c2ccc3ccn(C)c3c2)C2=C1C=NCC2. The topological polar surface area (TPSA) is 55.0 Å². The number of benzene rings is 1. The van der Waals surface area contributed by atoms with E-state index >= 15 is 0 Å². The van der Waals surface area contributed by atoms with Crippen LogP contribution in [-0.4, -0.2) is 40.5 Å². The Balaban J connectivity index is 1.71. The summed E-state index contributed by atoms with van der Waals surface area (Å²) in [5, 5.41) is 1.22. The van der Waals surface area contributed by atoms with Crippen molar-refractivity contribution in [2.45, 2.75) is 32.6 Å². The van der Waals surface area contributed by atoms with Crippen molar-refractivity contribution in [2.75, 3.05) is 11.4 Å². The van der Waals surface area contributed by atoms with E-state index in [0.29, 0.717) is 0 Å². The molecule has 0 radical (unpaired) electrons. The first-order chi connectivity index (χ1) is 14.6. The summed E-state index contributed by atoms with van der Waals surface area (Å²) in [7, 11) is 2.07. The van der Waals surface area contributed by atoms with Crippen LogP contribution in [0.15, 0.2) is 76.2 Å². The Kier molecular flexibility index (Phi) is 4.71. The third kappa shape index (κ3) is 3.23. The molecule has 0 saturated heterocycles. The number of aryl methyl sites for hydroxylation is 1. The summed E-state index contributed by atoms with van der Waals surface area (Å²) in [4.78, 5) is 16.2. The molecule has 1 unspecified atom stereocenters. The highest BCUT2D eigenvalue weighted by Crippen LogP contribution is 2.35. The highest BCUT2D eigenvalue weighted by Gasteiger charge is 2.33. The number of dihydropyridines is 1. The second-order valence-electron chi connectivity index (χ2n) is 7.92. The van der Waals surface area contributed by atoms with Crippen LogP contribution < -0.4 is 4.90 Å². The van der Waals surface area contributed by atoms with Crippen LogP contribution in [0, 0.1) is 0 Å². The minimum atomic E-state index is -0.366. The first-order valence-corrected chi connectivity index (χ1v) is 10.3. The summed E-state index contributed by atoms with van der Waals surface area (Å²) in [5.41, 5.74) is 5.46. The molecular weight excluding hydrogens is 374 g/mol. The van der Waals surface area contributed by atoms with Gasteiger partial charge in [-0.05, 0) is 49.6 Å². The number of hydrogen-bond donors (Lipinski definition) is 0. The van der Waals surface area contributed by atoms with Gasteiger partial charge in [-0.15, -0.1) is 0 Å². The van der Waals surface area contributed by atoms with Crippen LogP contribution in [0.3, 0.4) is 0 Å². The maximum absolute atomic E-state index is 6.19. The van der Waals surface area contributed by atoms with Crippen LogP contribution >= 0.6 is 0 Å². The standard InChI is InChI=1S/C24H25N5O/c1-16(2)30-24-20-15-26-11-8-21(20)29(23(27-24)18-5-4-10-25-14-18)19-7-6-17-9-12-28(3)22(17)13-19/h4-7,9-10,12-16,24H,8,11H2,1-3H3. The molecule has 1 atom stereocenters. The lowest BCUT2D eigenvalue weighted by Gasteiger charge is -2.37. The fraction of sp³-hybridized carbons (Fsp3) is 0.292. The first-order valence-electron chi connectivity index (χ1n) is 10.3. The first kappa shape index (κ1) is 18.8. The van der Waals surface area contributed by atoms with E-state index in [-0.39, 0.29) is 12.3 Å². The number of pyridine rings is 1. The van der Waals surface area contributed by atoms with E-state index in [1.807, 2.05) is 32.3 Å². The van der Waals surface area contributed by atoms with Gasteiger partial charge in [0.25, 0.3) is 0 Å². The number of hydrogen-bond acceptors (Lipinski definition) is 5. The Morgan fingerprint density at radius 3 is 2.87 bits per heavy atom. The molecule has 5 rings (SSSR count). The van der Waals surface area contributed by atoms with Gasteiger partial charge in [0, 0.05) is 72.9 Å². The second kappa shape index (κ2) is 7.54. The van der Waals surface area contributed by atoms with Crippen molar-refractivity contribution >= 4 is 28.6 Å². The number of anilines is 1. The van der Waals surface area contributed by atoms with E-state index < -0.39 is 0 Å². The van der Waals surface area contributed by atoms with Gasteiger partial charge in [0.05, 0.1) is 6.10 Å². The highest BCUT2D eigenvalue weighted by atomic mass is 16.5. The average Bonchev–Trinajstić information content (AvgIpc) is 3.14. The fourth-order valence-electron chi connectivity index (χ4n) is 4.09. The van der Waals surface area contributed by atoms with Gasteiger partial charge in [0.2, 0.25) is 0 Å². The molecule has 152 valence electrons. The Labute approximate surface area is 176 Å². The lowest BCUT2D eigenvalue weighted by atomic mass is 10.0. The van der Waals surface area contributed by atoms with Crippen LogP contribution in [0.1, 0.15) is 25.8 Å². The summed E-state index contributed by atoms with van der Waals surface area (Å²) in [5.74, 6) is 0.858. The minimum absolute atomic E-state index is 0.0595. The van der Waals surface area contributed by atoms with Gasteiger partial charge >= 0.3 is 0 Å². The third-order valence-corrected chi connectivity index (χ3v) is 5.48. The van der Waals surface area contributed by atoms with Crippen molar-refractivity contribution in [3.8, 4) is 0 Å². The van der Waals surface area contributed by atoms with Crippen LogP contribution in [0.5, 0.6) is 0 Å². The average molecular weight is 399 g/mol. The number of rotatable bonds is 4. The van der Waals surface area contributed by atoms with Gasteiger partial charge in [0.1, 0.15) is 5.84 Å². The van der Waals surface area contributed by atoms with Crippen molar-refractivity contribution in [3.63, 3.8) is 0 Å². The number of ether oxygens (including phenoxy) is 1. The molecule has 0 bridgehead atoms. The second-order valence-corrected chi connectivity index (χ2v) is 7.92. The molecule has 2 aliphatic rings. The van der Waals surface area contributed by atoms with Gasteiger partial charge in [-0.1, -0.05) is 6.07 Å². The third-order valence-electron chi connectivity index (χ3n) is 5.48. The number of aromatic nitrogens is 2. The molecule has 6 nitrogen and oxygen atoms in total. The van der Waals surface area contributed by atoms with E-state index in [9.17, 15) is 0 Å². The maximum Gasteiger partial charge on any atom is 0.180 e. The van der Waals surface area contributed by atoms with Gasteiger partial charge in [-0.3, -0.25) is 14.9 Å². The van der Waals surface area contributed by atoms with Crippen LogP contribution in [0.4, 0.5) is 5.69 Å². The Morgan fingerprint density at radius 2 is 2.07 bits per heavy atom. The lowest BCUT2D eigenvalue weighted by molar-refractivity contribution is 0.0360. The van der Waals surface area contributed by atoms with Crippen molar-refractivity contribution in [2.24, 2.45) is 17.0 Å². The van der Waals surface area contributed by atoms with Crippen molar-refractivity contribution in [1.29, 1.82) is 0 Å². The van der Waals surface area contributed by atoms with Crippen molar-refractivity contribution in [1.82, 2.24) is 9.55 Å². The predicted molar refractivity (Wildman–Crippen MR) is 121 cm³/mol. The predicted octanol–water partition coefficient (Wildman–Crippen LogP) is 4.32. The van der Waals surface area contributed by atoms with Crippen LogP contribution in [0.25, 0.3) is 10.9 Å². The zero-order valence-corrected chi connectivity index (χ0v) is 17.5. The molecule has 0 aliphatic carbocycles. The number of aliphatic imine (C=N–C) groups is 2. The highest BCUT2D eigenvalue weighted by molar-refractivity contribution is 6.14. The molecule has 0 spiro atoms. The van der Waals surface area contributed by atoms with Gasteiger partial charge in [-0.2, -0.15) is 0 Å². The zero-order valence-electron chi connectivity index (χ0n) is 17.5. The molecular formula is C24H25N5O. The van der Waals surface area contributed by atoms with Gasteiger partial charge < -0.3 is 9.30 Å². The number of amidine groups is 1. The molecule has 4 heterocycles. The largest absolute Gasteiger partial charge is 0.350 e. The Bertz CT molecular complexity index is 1170. The molecule has 0 fully saturated rings. The zero-order chi connectivity index (χ0) is 20.7. The molecule has 1 aromatic carbocycles. The minimum Gasteiger partial charge on any atom is -0.350 e. The summed E-state index contributed by atoms with van der Waals surface area (Å²) in [6.07, 6.45) is 8.21. The van der Waals surface area contributed by atoms with Gasteiger partial charge in [-0.25, -0.2) is 4.99 Å². The van der Waals surface area contributed by atoms with E-state index in [4.69, 9.17) is 9.73 Å². The fourth-order valence-corrected chi connectivity index (χ4v) is 4.09. The van der Waals surface area contributed by atoms with Crippen LogP contribution in [0.2, 0.25) is 0 Å². The summed E-state index contributed by atoms with van der Waals surface area (Å²) in [6.45, 7) is 4.83. The summed E-state index contributed by atoms with van der Waals surface area (Å²) < 4.78 is 8.33. The molecule has 0 amide bonds. The van der Waals surface area contributed by atoms with Crippen LogP contribution in [-0.2, 0) is 11.8 Å². The lowest BCUT2D eigenvalue weighted by Crippen LogP contribution is -2.41. The van der Waals surface area contributed by atoms with E-state index in [0.717, 1.165) is 35.6 Å². The quantitative estimate of drug-likeness (QED) is 0.657. The van der Waals surface area contributed by atoms with Crippen molar-refractivity contribution in [3.05, 3.63) is 71.8 Å². The Morgan fingerprint density at radius 1 is 1.17 bits per heavy atom. The normalized spacial score (nSPS) is 18.9.